The van der Waals surface area contributed by atoms with Crippen molar-refractivity contribution >= 4 is 29.2 Å². The largest absolute Gasteiger partial charge is 0.493 e. The van der Waals surface area contributed by atoms with Gasteiger partial charge in [-0.05, 0) is 44.0 Å². The number of carbonyl (C=O) groups is 1. The van der Waals surface area contributed by atoms with Crippen molar-refractivity contribution in [2.45, 2.75) is 33.9 Å². The van der Waals surface area contributed by atoms with Gasteiger partial charge in [-0.3, -0.25) is 14.2 Å². The van der Waals surface area contributed by atoms with Gasteiger partial charge in [0.2, 0.25) is 0 Å². The first kappa shape index (κ1) is 29.1. The topological polar surface area (TPSA) is 87.4 Å². The van der Waals surface area contributed by atoms with Gasteiger partial charge in [0, 0.05) is 37.9 Å². The van der Waals surface area contributed by atoms with Crippen molar-refractivity contribution in [3.63, 3.8) is 0 Å². The molecule has 1 fully saturated rings. The van der Waals surface area contributed by atoms with Crippen LogP contribution in [0, 0.1) is 6.92 Å². The Morgan fingerprint density at radius 1 is 1.05 bits per heavy atom. The highest BCUT2D eigenvalue weighted by molar-refractivity contribution is 6.10. The smallest absolute Gasteiger partial charge is 0.263 e. The van der Waals surface area contributed by atoms with Gasteiger partial charge in [0.15, 0.2) is 5.78 Å². The molecule has 1 saturated heterocycles. The van der Waals surface area contributed by atoms with Crippen molar-refractivity contribution in [2.75, 3.05) is 32.9 Å². The van der Waals surface area contributed by atoms with E-state index >= 15 is 0 Å². The van der Waals surface area contributed by atoms with Crippen molar-refractivity contribution in [3.05, 3.63) is 93.7 Å². The first-order chi connectivity index (χ1) is 18.0. The van der Waals surface area contributed by atoms with Crippen molar-refractivity contribution < 1.29 is 14.3 Å². The Bertz CT molecular complexity index is 1400. The molecule has 202 valence electrons. The van der Waals surface area contributed by atoms with E-state index in [1.54, 1.807) is 17.0 Å². The summed E-state index contributed by atoms with van der Waals surface area (Å²) in [7, 11) is 0. The fraction of sp³-hybridized carbons (Fsp3) is 0.345. The number of hydrogen-bond acceptors (Lipinski definition) is 6. The summed E-state index contributed by atoms with van der Waals surface area (Å²) in [5, 5.41) is 3.82. The number of fused-ring (bicyclic) bond motifs is 1. The molecular formula is C29H35ClN4O4. The van der Waals surface area contributed by atoms with Gasteiger partial charge in [-0.15, -0.1) is 12.4 Å². The predicted molar refractivity (Wildman–Crippen MR) is 152 cm³/mol. The molecular weight excluding hydrogens is 504 g/mol. The quantitative estimate of drug-likeness (QED) is 0.354. The van der Waals surface area contributed by atoms with Crippen LogP contribution in [0.15, 0.2) is 65.8 Å². The molecule has 4 aromatic rings. The van der Waals surface area contributed by atoms with Crippen LogP contribution in [0.5, 0.6) is 5.75 Å². The Morgan fingerprint density at radius 2 is 1.76 bits per heavy atom. The molecule has 0 atom stereocenters. The number of aryl methyl sites for hydroxylation is 2. The Morgan fingerprint density at radius 3 is 2.37 bits per heavy atom. The minimum Gasteiger partial charge on any atom is -0.493 e. The molecule has 5 rings (SSSR count). The van der Waals surface area contributed by atoms with Crippen LogP contribution in [0.25, 0.3) is 11.0 Å². The number of ether oxygens (including phenoxy) is 2. The summed E-state index contributed by atoms with van der Waals surface area (Å²) in [6.07, 6.45) is 3.55. The van der Waals surface area contributed by atoms with Crippen molar-refractivity contribution in [1.82, 2.24) is 19.4 Å². The second kappa shape index (κ2) is 13.9. The molecule has 1 aliphatic rings. The van der Waals surface area contributed by atoms with E-state index < -0.39 is 0 Å². The summed E-state index contributed by atoms with van der Waals surface area (Å²) in [6, 6.07) is 14.8. The predicted octanol–water partition coefficient (Wildman–Crippen LogP) is 4.23. The van der Waals surface area contributed by atoms with Crippen molar-refractivity contribution in [2.24, 2.45) is 0 Å². The zero-order chi connectivity index (χ0) is 26.2. The second-order valence-corrected chi connectivity index (χ2v) is 8.79. The maximum Gasteiger partial charge on any atom is 0.263 e. The standard InChI is InChI=1S/C25H25N3O3.C4H9NO.ClH/c1-4-27-16-26-24-22(25(27)30)17(3)14-28(24)15-18-10-12-19(13-11-18)23(29)20-8-6-7-9-21(20)31-5-2;1-3-6-4-2-5-1;/h6-14,16H,4-5,15H2,1-3H3;5H,1-4H2;1H. The maximum absolute atomic E-state index is 13.0. The average Bonchev–Trinajstić information content (AvgIpc) is 3.26. The lowest BCUT2D eigenvalue weighted by molar-refractivity contribution is 0.103. The Hall–Kier alpha value is -3.46. The zero-order valence-corrected chi connectivity index (χ0v) is 22.9. The third-order valence-electron chi connectivity index (χ3n) is 6.22. The van der Waals surface area contributed by atoms with E-state index in [2.05, 4.69) is 10.3 Å². The van der Waals surface area contributed by atoms with Crippen LogP contribution in [0.2, 0.25) is 0 Å². The number of rotatable bonds is 7. The summed E-state index contributed by atoms with van der Waals surface area (Å²) in [5.41, 5.74) is 3.76. The Balaban J connectivity index is 0.000000504. The first-order valence-electron chi connectivity index (χ1n) is 12.7. The molecule has 0 unspecified atom stereocenters. The number of nitrogens with zero attached hydrogens (tertiary/aromatic N) is 3. The molecule has 2 aromatic carbocycles. The summed E-state index contributed by atoms with van der Waals surface area (Å²) < 4.78 is 14.2. The molecule has 3 heterocycles. The molecule has 0 saturated carbocycles. The number of aromatic nitrogens is 3. The van der Waals surface area contributed by atoms with Gasteiger partial charge in [-0.1, -0.05) is 36.4 Å². The molecule has 0 aliphatic carbocycles. The average molecular weight is 539 g/mol. The molecule has 1 aliphatic heterocycles. The molecule has 1 N–H and O–H groups in total. The maximum atomic E-state index is 13.0. The highest BCUT2D eigenvalue weighted by Crippen LogP contribution is 2.22. The Kier molecular flexibility index (Phi) is 10.6. The molecule has 9 heteroatoms. The van der Waals surface area contributed by atoms with Crippen LogP contribution in [0.4, 0.5) is 0 Å². The van der Waals surface area contributed by atoms with Crippen LogP contribution in [-0.4, -0.2) is 52.8 Å². The van der Waals surface area contributed by atoms with Gasteiger partial charge >= 0.3 is 0 Å². The lowest BCUT2D eigenvalue weighted by atomic mass is 10.0. The van der Waals surface area contributed by atoms with Crippen molar-refractivity contribution in [3.8, 4) is 5.75 Å². The first-order valence-corrected chi connectivity index (χ1v) is 12.7. The van der Waals surface area contributed by atoms with Gasteiger partial charge < -0.3 is 19.4 Å². The zero-order valence-electron chi connectivity index (χ0n) is 22.1. The fourth-order valence-electron chi connectivity index (χ4n) is 4.31. The molecule has 8 nitrogen and oxygen atoms in total. The van der Waals surface area contributed by atoms with Crippen molar-refractivity contribution in [1.29, 1.82) is 0 Å². The third-order valence-corrected chi connectivity index (χ3v) is 6.22. The number of hydrogen-bond donors (Lipinski definition) is 1. The van der Waals surface area contributed by atoms with Gasteiger partial charge in [0.25, 0.3) is 5.56 Å². The monoisotopic (exact) mass is 538 g/mol. The normalized spacial score (nSPS) is 12.8. The molecule has 0 radical (unpaired) electrons. The summed E-state index contributed by atoms with van der Waals surface area (Å²) in [5.74, 6) is 0.525. The Labute approximate surface area is 229 Å². The van der Waals surface area contributed by atoms with E-state index in [-0.39, 0.29) is 23.7 Å². The summed E-state index contributed by atoms with van der Waals surface area (Å²) >= 11 is 0. The number of carbonyl (C=O) groups excluding carboxylic acids is 1. The van der Waals surface area contributed by atoms with E-state index in [0.29, 0.717) is 47.6 Å². The molecule has 0 bridgehead atoms. The number of halogens is 1. The molecule has 0 spiro atoms. The van der Waals surface area contributed by atoms with E-state index in [1.807, 2.05) is 74.0 Å². The fourth-order valence-corrected chi connectivity index (χ4v) is 4.31. The van der Waals surface area contributed by atoms with E-state index in [9.17, 15) is 9.59 Å². The number of para-hydroxylation sites is 1. The van der Waals surface area contributed by atoms with E-state index in [0.717, 1.165) is 37.4 Å². The minimum atomic E-state index is -0.0698. The SMILES string of the molecule is C1COCCN1.CCOc1ccccc1C(=O)c1ccc(Cn2cc(C)c3c(=O)n(CC)cnc32)cc1.Cl. The lowest BCUT2D eigenvalue weighted by Crippen LogP contribution is -2.30. The third kappa shape index (κ3) is 6.69. The van der Waals surface area contributed by atoms with E-state index in [4.69, 9.17) is 9.47 Å². The van der Waals surface area contributed by atoms with Crippen LogP contribution in [-0.2, 0) is 17.8 Å². The summed E-state index contributed by atoms with van der Waals surface area (Å²) in [6.45, 7) is 11.3. The molecule has 38 heavy (non-hydrogen) atoms. The number of nitrogens with one attached hydrogen (secondary N) is 1. The van der Waals surface area contributed by atoms with E-state index in [1.165, 1.54) is 0 Å². The van der Waals surface area contributed by atoms with Crippen LogP contribution >= 0.6 is 12.4 Å². The van der Waals surface area contributed by atoms with Gasteiger partial charge in [-0.25, -0.2) is 4.98 Å². The number of benzene rings is 2. The van der Waals surface area contributed by atoms with Crippen LogP contribution < -0.4 is 15.6 Å². The summed E-state index contributed by atoms with van der Waals surface area (Å²) in [4.78, 5) is 30.1. The van der Waals surface area contributed by atoms with Crippen LogP contribution in [0.3, 0.4) is 0 Å². The molecule has 0 amide bonds. The lowest BCUT2D eigenvalue weighted by Gasteiger charge is -2.10. The number of morpholine rings is 1. The van der Waals surface area contributed by atoms with Gasteiger partial charge in [-0.2, -0.15) is 0 Å². The van der Waals surface area contributed by atoms with Gasteiger partial charge in [0.1, 0.15) is 11.4 Å². The second-order valence-electron chi connectivity index (χ2n) is 8.79. The minimum absolute atomic E-state index is 0. The highest BCUT2D eigenvalue weighted by Gasteiger charge is 2.15. The molecule has 2 aromatic heterocycles. The van der Waals surface area contributed by atoms with Gasteiger partial charge in [0.05, 0.1) is 37.1 Å². The number of ketones is 1. The van der Waals surface area contributed by atoms with Crippen LogP contribution in [0.1, 0.15) is 40.9 Å². The highest BCUT2D eigenvalue weighted by atomic mass is 35.5.